The fraction of sp³-hybridized carbons (Fsp3) is 0.765. The smallest absolute Gasteiger partial charge is 0.315 e. The lowest BCUT2D eigenvalue weighted by Gasteiger charge is -2.28. The highest BCUT2D eigenvalue weighted by Gasteiger charge is 2.26. The van der Waals surface area contributed by atoms with E-state index >= 15 is 0 Å². The molecule has 1 aliphatic carbocycles. The summed E-state index contributed by atoms with van der Waals surface area (Å²) in [5, 5.41) is 10.5. The molecule has 1 saturated carbocycles. The lowest BCUT2D eigenvalue weighted by Crippen LogP contribution is -2.48. The zero-order chi connectivity index (χ0) is 16.2. The molecule has 2 atom stereocenters. The number of aryl methyl sites for hydroxylation is 1. The molecule has 2 heterocycles. The van der Waals surface area contributed by atoms with Crippen molar-refractivity contribution in [1.82, 2.24) is 20.4 Å². The van der Waals surface area contributed by atoms with Gasteiger partial charge in [0.2, 0.25) is 0 Å². The normalized spacial score (nSPS) is 23.7. The van der Waals surface area contributed by atoms with Gasteiger partial charge >= 0.3 is 6.03 Å². The Kier molecular flexibility index (Phi) is 5.08. The van der Waals surface area contributed by atoms with E-state index in [-0.39, 0.29) is 18.1 Å². The van der Waals surface area contributed by atoms with Crippen LogP contribution in [0.1, 0.15) is 45.4 Å². The molecule has 6 heteroatoms. The summed E-state index contributed by atoms with van der Waals surface area (Å²) in [5.41, 5.74) is 1.13. The summed E-state index contributed by atoms with van der Waals surface area (Å²) in [4.78, 5) is 14.5. The lowest BCUT2D eigenvalue weighted by molar-refractivity contribution is 0.222. The summed E-state index contributed by atoms with van der Waals surface area (Å²) < 4.78 is 1.81. The van der Waals surface area contributed by atoms with E-state index < -0.39 is 0 Å². The molecule has 2 N–H and O–H groups in total. The van der Waals surface area contributed by atoms with E-state index in [1.54, 1.807) is 0 Å². The highest BCUT2D eigenvalue weighted by atomic mass is 16.2. The van der Waals surface area contributed by atoms with Gasteiger partial charge in [0, 0.05) is 38.4 Å². The van der Waals surface area contributed by atoms with Crippen LogP contribution in [0.3, 0.4) is 0 Å². The number of carbonyl (C=O) groups is 1. The zero-order valence-electron chi connectivity index (χ0n) is 14.3. The van der Waals surface area contributed by atoms with Crippen molar-refractivity contribution in [1.29, 1.82) is 0 Å². The highest BCUT2D eigenvalue weighted by Crippen LogP contribution is 2.26. The summed E-state index contributed by atoms with van der Waals surface area (Å²) in [6.45, 7) is 3.97. The molecule has 1 aliphatic heterocycles. The van der Waals surface area contributed by atoms with Crippen LogP contribution in [0.5, 0.6) is 0 Å². The Labute approximate surface area is 138 Å². The number of hydrogen-bond acceptors (Lipinski definition) is 3. The number of carbonyl (C=O) groups excluding carboxylic acids is 1. The molecule has 0 unspecified atom stereocenters. The molecule has 3 rings (SSSR count). The van der Waals surface area contributed by atoms with Crippen molar-refractivity contribution in [2.24, 2.45) is 13.0 Å². The minimum atomic E-state index is -0.0129. The van der Waals surface area contributed by atoms with E-state index in [2.05, 4.69) is 27.6 Å². The van der Waals surface area contributed by atoms with Gasteiger partial charge in [0.1, 0.15) is 0 Å². The van der Waals surface area contributed by atoms with Crippen molar-refractivity contribution in [3.8, 4) is 0 Å². The molecule has 0 bridgehead atoms. The molecule has 6 nitrogen and oxygen atoms in total. The first-order chi connectivity index (χ1) is 11.1. The van der Waals surface area contributed by atoms with E-state index in [0.29, 0.717) is 5.92 Å². The molecule has 1 aromatic heterocycles. The van der Waals surface area contributed by atoms with Crippen LogP contribution in [-0.2, 0) is 7.05 Å². The number of rotatable bonds is 4. The van der Waals surface area contributed by atoms with E-state index in [4.69, 9.17) is 0 Å². The van der Waals surface area contributed by atoms with Crippen LogP contribution in [0.25, 0.3) is 0 Å². The van der Waals surface area contributed by atoms with E-state index in [9.17, 15) is 4.79 Å². The molecular formula is C17H29N5O. The number of anilines is 1. The predicted octanol–water partition coefficient (Wildman–Crippen LogP) is 2.27. The SMILES string of the molecule is C[C@H](NC(=O)N[C@H]1CCN(c2cnn(C)c2)C1)C1CCCCC1. The van der Waals surface area contributed by atoms with Gasteiger partial charge in [-0.3, -0.25) is 4.68 Å². The summed E-state index contributed by atoms with van der Waals surface area (Å²) >= 11 is 0. The van der Waals surface area contributed by atoms with Crippen LogP contribution in [0, 0.1) is 5.92 Å². The first-order valence-electron chi connectivity index (χ1n) is 8.92. The lowest BCUT2D eigenvalue weighted by atomic mass is 9.85. The molecule has 0 radical (unpaired) electrons. The monoisotopic (exact) mass is 319 g/mol. The molecule has 2 aliphatic rings. The topological polar surface area (TPSA) is 62.2 Å². The van der Waals surface area contributed by atoms with Crippen molar-refractivity contribution >= 4 is 11.7 Å². The summed E-state index contributed by atoms with van der Waals surface area (Å²) in [6, 6.07) is 0.473. The Morgan fingerprint density at radius 2 is 2.09 bits per heavy atom. The number of nitrogens with zero attached hydrogens (tertiary/aromatic N) is 3. The van der Waals surface area contributed by atoms with Gasteiger partial charge in [-0.25, -0.2) is 4.79 Å². The first-order valence-corrected chi connectivity index (χ1v) is 8.92. The quantitative estimate of drug-likeness (QED) is 0.895. The van der Waals surface area contributed by atoms with E-state index in [0.717, 1.165) is 25.2 Å². The fourth-order valence-corrected chi connectivity index (χ4v) is 3.87. The highest BCUT2D eigenvalue weighted by molar-refractivity contribution is 5.74. The third-order valence-electron chi connectivity index (χ3n) is 5.30. The van der Waals surface area contributed by atoms with Gasteiger partial charge in [-0.2, -0.15) is 5.10 Å². The van der Waals surface area contributed by atoms with Crippen LogP contribution in [0.15, 0.2) is 12.4 Å². The molecule has 2 amide bonds. The molecule has 1 saturated heterocycles. The minimum Gasteiger partial charge on any atom is -0.367 e. The molecule has 0 spiro atoms. The van der Waals surface area contributed by atoms with Crippen molar-refractivity contribution in [3.05, 3.63) is 12.4 Å². The van der Waals surface area contributed by atoms with Gasteiger partial charge in [-0.15, -0.1) is 0 Å². The molecule has 23 heavy (non-hydrogen) atoms. The van der Waals surface area contributed by atoms with E-state index in [1.165, 1.54) is 32.1 Å². The van der Waals surface area contributed by atoms with Crippen molar-refractivity contribution < 1.29 is 4.79 Å². The predicted molar refractivity (Wildman–Crippen MR) is 91.5 cm³/mol. The number of hydrogen-bond donors (Lipinski definition) is 2. The van der Waals surface area contributed by atoms with Crippen LogP contribution >= 0.6 is 0 Å². The second-order valence-electron chi connectivity index (χ2n) is 7.11. The van der Waals surface area contributed by atoms with Crippen LogP contribution in [0.2, 0.25) is 0 Å². The number of amides is 2. The van der Waals surface area contributed by atoms with Gasteiger partial charge in [-0.1, -0.05) is 19.3 Å². The van der Waals surface area contributed by atoms with Gasteiger partial charge < -0.3 is 15.5 Å². The van der Waals surface area contributed by atoms with Gasteiger partial charge in [-0.05, 0) is 32.1 Å². The Morgan fingerprint density at radius 1 is 1.30 bits per heavy atom. The van der Waals surface area contributed by atoms with Gasteiger partial charge in [0.15, 0.2) is 0 Å². The van der Waals surface area contributed by atoms with Crippen molar-refractivity contribution in [2.45, 2.75) is 57.5 Å². The fourth-order valence-electron chi connectivity index (χ4n) is 3.87. The standard InChI is InChI=1S/C17H29N5O/c1-13(14-6-4-3-5-7-14)19-17(23)20-15-8-9-22(11-15)16-10-18-21(2)12-16/h10,12-15H,3-9,11H2,1-2H3,(H2,19,20,23)/t13-,15-/m0/s1. The van der Waals surface area contributed by atoms with E-state index in [1.807, 2.05) is 24.1 Å². The van der Waals surface area contributed by atoms with Crippen LogP contribution < -0.4 is 15.5 Å². The molecule has 0 aromatic carbocycles. The maximum Gasteiger partial charge on any atom is 0.315 e. The van der Waals surface area contributed by atoms with Crippen molar-refractivity contribution in [3.63, 3.8) is 0 Å². The Bertz CT molecular complexity index is 523. The Morgan fingerprint density at radius 3 is 2.78 bits per heavy atom. The maximum absolute atomic E-state index is 12.2. The van der Waals surface area contributed by atoms with Gasteiger partial charge in [0.05, 0.1) is 11.9 Å². The Balaban J connectivity index is 1.43. The van der Waals surface area contributed by atoms with Crippen LogP contribution in [-0.4, -0.2) is 41.0 Å². The third-order valence-corrected chi connectivity index (χ3v) is 5.30. The average Bonchev–Trinajstić information content (AvgIpc) is 3.17. The largest absolute Gasteiger partial charge is 0.367 e. The van der Waals surface area contributed by atoms with Crippen LogP contribution in [0.4, 0.5) is 10.5 Å². The second kappa shape index (κ2) is 7.23. The molecule has 128 valence electrons. The first kappa shape index (κ1) is 16.1. The summed E-state index contributed by atoms with van der Waals surface area (Å²) in [6.07, 6.45) is 11.4. The summed E-state index contributed by atoms with van der Waals surface area (Å²) in [7, 11) is 1.93. The Hall–Kier alpha value is -1.72. The number of nitrogens with one attached hydrogen (secondary N) is 2. The second-order valence-corrected chi connectivity index (χ2v) is 7.11. The number of urea groups is 1. The summed E-state index contributed by atoms with van der Waals surface area (Å²) in [5.74, 6) is 0.643. The average molecular weight is 319 g/mol. The minimum absolute atomic E-state index is 0.0129. The number of aromatic nitrogens is 2. The zero-order valence-corrected chi connectivity index (χ0v) is 14.3. The van der Waals surface area contributed by atoms with Gasteiger partial charge in [0.25, 0.3) is 0 Å². The van der Waals surface area contributed by atoms with Crippen molar-refractivity contribution in [2.75, 3.05) is 18.0 Å². The molecule has 1 aromatic rings. The third kappa shape index (κ3) is 4.18. The molecule has 2 fully saturated rings. The maximum atomic E-state index is 12.2. The molecular weight excluding hydrogens is 290 g/mol.